The van der Waals surface area contributed by atoms with Gasteiger partial charge in [-0.1, -0.05) is 48.5 Å². The van der Waals surface area contributed by atoms with Crippen molar-refractivity contribution in [1.29, 1.82) is 0 Å². The van der Waals surface area contributed by atoms with Gasteiger partial charge in [0.25, 0.3) is 0 Å². The average molecular weight is 585 g/mol. The van der Waals surface area contributed by atoms with Crippen LogP contribution in [0.2, 0.25) is 0 Å². The number of oxime groups is 1. The van der Waals surface area contributed by atoms with Gasteiger partial charge >= 0.3 is 5.97 Å². The van der Waals surface area contributed by atoms with Crippen molar-refractivity contribution >= 4 is 23.2 Å². The molecule has 1 aromatic carbocycles. The Balaban J connectivity index is 1.49. The minimum absolute atomic E-state index is 0.104. The molecule has 4 aliphatic carbocycles. The lowest BCUT2D eigenvalue weighted by Gasteiger charge is -2.55. The molecule has 1 heterocycles. The van der Waals surface area contributed by atoms with Crippen LogP contribution < -0.4 is 4.90 Å². The fourth-order valence-corrected chi connectivity index (χ4v) is 9.48. The van der Waals surface area contributed by atoms with Crippen LogP contribution in [0.4, 0.5) is 5.69 Å². The van der Waals surface area contributed by atoms with Crippen LogP contribution in [0.25, 0.3) is 0 Å². The Morgan fingerprint density at radius 2 is 1.91 bits per heavy atom. The van der Waals surface area contributed by atoms with E-state index in [0.29, 0.717) is 18.8 Å². The van der Waals surface area contributed by atoms with Gasteiger partial charge in [0.1, 0.15) is 6.61 Å². The van der Waals surface area contributed by atoms with E-state index in [0.717, 1.165) is 44.5 Å². The van der Waals surface area contributed by atoms with Gasteiger partial charge in [-0.3, -0.25) is 9.59 Å². The molecular formula is C36H44N2O5. The minimum Gasteiger partial charge on any atom is -0.458 e. The number of ketones is 1. The van der Waals surface area contributed by atoms with Crippen molar-refractivity contribution in [1.82, 2.24) is 0 Å². The highest BCUT2D eigenvalue weighted by Gasteiger charge is 2.66. The first-order valence-electron chi connectivity index (χ1n) is 16.0. The molecule has 2 N–H and O–H groups in total. The Kier molecular flexibility index (Phi) is 8.02. The van der Waals surface area contributed by atoms with Crippen molar-refractivity contribution in [3.8, 4) is 11.8 Å². The molecule has 1 unspecified atom stereocenters. The van der Waals surface area contributed by atoms with Gasteiger partial charge in [-0.2, -0.15) is 0 Å². The second-order valence-corrected chi connectivity index (χ2v) is 13.5. The monoisotopic (exact) mass is 584 g/mol. The number of benzene rings is 1. The maximum atomic E-state index is 14.1. The molecule has 0 bridgehead atoms. The summed E-state index contributed by atoms with van der Waals surface area (Å²) in [4.78, 5) is 28.2. The lowest BCUT2D eigenvalue weighted by atomic mass is 9.47. The van der Waals surface area contributed by atoms with Gasteiger partial charge in [0.05, 0.1) is 11.1 Å². The molecular weight excluding hydrogens is 540 g/mol. The number of fused-ring (bicyclic) bond motifs is 4. The quantitative estimate of drug-likeness (QED) is 0.196. The van der Waals surface area contributed by atoms with E-state index in [2.05, 4.69) is 66.1 Å². The first kappa shape index (κ1) is 29.7. The molecule has 5 aliphatic rings. The van der Waals surface area contributed by atoms with Gasteiger partial charge < -0.3 is 20.0 Å². The standard InChI is InChI=1S/C36H44N2O5/c1-23-19-30-32-13-15-36(14-6-18-39,33(41)22-43-24(2)40)35(32,3)21-31(34(30)28-12-9-26(37-42)20-29(23)28)25-7-10-27(11-8-25)38-16-4-5-17-38/h7-8,10-11,20,23,30-32,39,42H,4-5,9,12-13,15-19,21-22H2,1-3H3/t23?,30-,31+,32-,35-,36+/m0/s1. The van der Waals surface area contributed by atoms with Crippen LogP contribution in [0.1, 0.15) is 83.6 Å². The summed E-state index contributed by atoms with van der Waals surface area (Å²) in [6.45, 7) is 7.41. The Labute approximate surface area is 255 Å². The smallest absolute Gasteiger partial charge is 0.303 e. The van der Waals surface area contributed by atoms with E-state index in [1.807, 2.05) is 0 Å². The van der Waals surface area contributed by atoms with Gasteiger partial charge in [-0.25, -0.2) is 0 Å². The van der Waals surface area contributed by atoms with Crippen molar-refractivity contribution in [2.75, 3.05) is 31.2 Å². The number of hydrogen-bond acceptors (Lipinski definition) is 7. The highest BCUT2D eigenvalue weighted by Crippen LogP contribution is 2.70. The molecule has 6 rings (SSSR count). The predicted octanol–water partition coefficient (Wildman–Crippen LogP) is 5.81. The zero-order valence-electron chi connectivity index (χ0n) is 25.7. The second-order valence-electron chi connectivity index (χ2n) is 13.5. The number of rotatable bonds is 5. The molecule has 7 heteroatoms. The molecule has 0 spiro atoms. The molecule has 0 amide bonds. The Hall–Kier alpha value is -3.37. The van der Waals surface area contributed by atoms with Gasteiger partial charge in [-0.05, 0) is 109 Å². The number of aliphatic hydroxyl groups is 1. The summed E-state index contributed by atoms with van der Waals surface area (Å²) >= 11 is 0. The van der Waals surface area contributed by atoms with Crippen LogP contribution in [-0.2, 0) is 14.3 Å². The summed E-state index contributed by atoms with van der Waals surface area (Å²) in [5, 5.41) is 22.9. The zero-order valence-corrected chi connectivity index (χ0v) is 25.7. The predicted molar refractivity (Wildman–Crippen MR) is 166 cm³/mol. The van der Waals surface area contributed by atoms with Gasteiger partial charge in [0.15, 0.2) is 12.4 Å². The minimum atomic E-state index is -0.998. The number of nitrogens with zero attached hydrogens (tertiary/aromatic N) is 2. The maximum absolute atomic E-state index is 14.1. The fraction of sp³-hybridized carbons (Fsp3) is 0.583. The molecule has 43 heavy (non-hydrogen) atoms. The lowest BCUT2D eigenvalue weighted by molar-refractivity contribution is -0.150. The van der Waals surface area contributed by atoms with Crippen LogP contribution >= 0.6 is 0 Å². The highest BCUT2D eigenvalue weighted by molar-refractivity contribution is 5.97. The van der Waals surface area contributed by atoms with Crippen LogP contribution in [0.3, 0.4) is 0 Å². The van der Waals surface area contributed by atoms with Crippen molar-refractivity contribution < 1.29 is 24.6 Å². The number of anilines is 1. The highest BCUT2D eigenvalue weighted by atomic mass is 16.5. The van der Waals surface area contributed by atoms with Crippen LogP contribution in [0.15, 0.2) is 52.2 Å². The second kappa shape index (κ2) is 11.6. The molecule has 7 nitrogen and oxygen atoms in total. The van der Waals surface area contributed by atoms with Gasteiger partial charge in [0.2, 0.25) is 0 Å². The van der Waals surface area contributed by atoms with Crippen molar-refractivity contribution in [3.05, 3.63) is 52.6 Å². The molecule has 3 fully saturated rings. The van der Waals surface area contributed by atoms with Gasteiger partial charge in [-0.15, -0.1) is 0 Å². The summed E-state index contributed by atoms with van der Waals surface area (Å²) < 4.78 is 5.26. The Morgan fingerprint density at radius 3 is 2.58 bits per heavy atom. The number of Topliss-reactive ketones (excluding diaryl/α,β-unsaturated/α-hetero) is 1. The third-order valence-electron chi connectivity index (χ3n) is 11.5. The van der Waals surface area contributed by atoms with Crippen LogP contribution in [-0.4, -0.2) is 54.1 Å². The molecule has 0 aromatic heterocycles. The first-order chi connectivity index (χ1) is 20.7. The summed E-state index contributed by atoms with van der Waals surface area (Å²) in [5.74, 6) is 6.45. The number of carbonyl (C=O) groups is 2. The SMILES string of the molecule is CC(=O)OCC(=O)[C@@]1(C#CCO)CC[C@H]2[C@@H]3CC(C)C4=CC(=NO)CCC4=C3[C@@H](c3ccc(N4CCCC4)cc3)C[C@@]21C. The van der Waals surface area contributed by atoms with E-state index in [1.54, 1.807) is 0 Å². The zero-order chi connectivity index (χ0) is 30.4. The van der Waals surface area contributed by atoms with E-state index in [1.165, 1.54) is 47.7 Å². The number of hydrogen-bond donors (Lipinski definition) is 2. The van der Waals surface area contributed by atoms with Gasteiger partial charge in [0, 0.05) is 31.6 Å². The van der Waals surface area contributed by atoms with E-state index in [4.69, 9.17) is 4.74 Å². The number of allylic oxidation sites excluding steroid dienone is 4. The summed E-state index contributed by atoms with van der Waals surface area (Å²) in [5.41, 5.74) is 6.00. The maximum Gasteiger partial charge on any atom is 0.303 e. The molecule has 1 aromatic rings. The third kappa shape index (κ3) is 4.92. The van der Waals surface area contributed by atoms with Crippen LogP contribution in [0, 0.1) is 40.4 Å². The fourth-order valence-electron chi connectivity index (χ4n) is 9.48. The Morgan fingerprint density at radius 1 is 1.16 bits per heavy atom. The van der Waals surface area contributed by atoms with E-state index < -0.39 is 16.8 Å². The van der Waals surface area contributed by atoms with E-state index in [-0.39, 0.29) is 36.8 Å². The summed E-state index contributed by atoms with van der Waals surface area (Å²) in [7, 11) is 0. The van der Waals surface area contributed by atoms with Crippen molar-refractivity contribution in [3.63, 3.8) is 0 Å². The molecule has 0 radical (unpaired) electrons. The molecule has 6 atom stereocenters. The van der Waals surface area contributed by atoms with Crippen molar-refractivity contribution in [2.45, 2.75) is 78.1 Å². The Bertz CT molecular complexity index is 1440. The first-order valence-corrected chi connectivity index (χ1v) is 16.0. The van der Waals surface area contributed by atoms with Crippen molar-refractivity contribution in [2.24, 2.45) is 33.7 Å². The normalized spacial score (nSPS) is 34.1. The average Bonchev–Trinajstić information content (AvgIpc) is 3.65. The number of ether oxygens (including phenoxy) is 1. The summed E-state index contributed by atoms with van der Waals surface area (Å²) in [6, 6.07) is 9.09. The topological polar surface area (TPSA) is 99.4 Å². The number of esters is 1. The third-order valence-corrected chi connectivity index (χ3v) is 11.5. The molecule has 228 valence electrons. The largest absolute Gasteiger partial charge is 0.458 e. The van der Waals surface area contributed by atoms with E-state index in [9.17, 15) is 19.9 Å². The number of carbonyl (C=O) groups excluding carboxylic acids is 2. The molecule has 1 saturated heterocycles. The number of aliphatic hydroxyl groups excluding tert-OH is 1. The lowest BCUT2D eigenvalue weighted by Crippen LogP contribution is -2.52. The van der Waals surface area contributed by atoms with Crippen LogP contribution in [0.5, 0.6) is 0 Å². The molecule has 2 saturated carbocycles. The molecule has 1 aliphatic heterocycles. The summed E-state index contributed by atoms with van der Waals surface area (Å²) in [6.07, 6.45) is 9.31. The van der Waals surface area contributed by atoms with E-state index >= 15 is 0 Å².